The second kappa shape index (κ2) is 14.6. The third kappa shape index (κ3) is 5.94. The SMILES string of the molecule is c1ccc(-c2cc(-n3c4ccccc4c4ccccc43)nc(-c3cccc(-c4ccccc4-c4nc(-c5ccccc5)nc(-n5c6ccccc6c6ccccc65)n4)c3)n2)cc1. The molecule has 0 saturated carbocycles. The molecule has 0 unspecified atom stereocenters. The number of hydrogen-bond donors (Lipinski definition) is 0. The summed E-state index contributed by atoms with van der Waals surface area (Å²) in [6.45, 7) is 0. The monoisotopic (exact) mass is 793 g/mol. The summed E-state index contributed by atoms with van der Waals surface area (Å²) >= 11 is 0. The van der Waals surface area contributed by atoms with E-state index >= 15 is 0 Å². The molecule has 12 aromatic rings. The predicted octanol–water partition coefficient (Wildman–Crippen LogP) is 13.2. The zero-order valence-electron chi connectivity index (χ0n) is 33.3. The molecule has 0 N–H and O–H groups in total. The molecular formula is C55H35N7. The van der Waals surface area contributed by atoms with E-state index in [0.717, 1.165) is 77.7 Å². The van der Waals surface area contributed by atoms with Crippen LogP contribution in [-0.4, -0.2) is 34.1 Å². The largest absolute Gasteiger partial charge is 0.294 e. The van der Waals surface area contributed by atoms with Gasteiger partial charge in [-0.1, -0.05) is 176 Å². The van der Waals surface area contributed by atoms with Crippen LogP contribution in [-0.2, 0) is 0 Å². The van der Waals surface area contributed by atoms with E-state index in [1.165, 1.54) is 10.8 Å². The Bertz CT molecular complexity index is 3540. The number of aromatic nitrogens is 7. The number of nitrogens with zero attached hydrogens (tertiary/aromatic N) is 7. The molecule has 12 rings (SSSR count). The maximum Gasteiger partial charge on any atom is 0.238 e. The average molecular weight is 794 g/mol. The van der Waals surface area contributed by atoms with Gasteiger partial charge in [-0.3, -0.25) is 9.13 Å². The minimum atomic E-state index is 0.554. The second-order valence-electron chi connectivity index (χ2n) is 15.3. The molecule has 0 saturated heterocycles. The highest BCUT2D eigenvalue weighted by Gasteiger charge is 2.21. The van der Waals surface area contributed by atoms with E-state index in [0.29, 0.717) is 23.4 Å². The quantitative estimate of drug-likeness (QED) is 0.161. The van der Waals surface area contributed by atoms with E-state index in [2.05, 4.69) is 167 Å². The van der Waals surface area contributed by atoms with Gasteiger partial charge in [0.15, 0.2) is 17.5 Å². The fourth-order valence-electron chi connectivity index (χ4n) is 8.80. The van der Waals surface area contributed by atoms with Crippen molar-refractivity contribution in [2.45, 2.75) is 0 Å². The van der Waals surface area contributed by atoms with Gasteiger partial charge in [-0.25, -0.2) is 15.0 Å². The highest BCUT2D eigenvalue weighted by Crippen LogP contribution is 2.37. The Labute approximate surface area is 356 Å². The van der Waals surface area contributed by atoms with Gasteiger partial charge >= 0.3 is 0 Å². The lowest BCUT2D eigenvalue weighted by molar-refractivity contribution is 0.953. The van der Waals surface area contributed by atoms with E-state index in [9.17, 15) is 0 Å². The van der Waals surface area contributed by atoms with Crippen LogP contribution in [0.1, 0.15) is 0 Å². The molecule has 0 aliphatic rings. The number of rotatable bonds is 7. The fraction of sp³-hybridized carbons (Fsp3) is 0. The van der Waals surface area contributed by atoms with Crippen LogP contribution in [0.15, 0.2) is 212 Å². The van der Waals surface area contributed by atoms with Crippen molar-refractivity contribution in [3.05, 3.63) is 212 Å². The van der Waals surface area contributed by atoms with Crippen molar-refractivity contribution in [2.24, 2.45) is 0 Å². The van der Waals surface area contributed by atoms with Crippen LogP contribution in [0.25, 0.3) is 112 Å². The summed E-state index contributed by atoms with van der Waals surface area (Å²) in [7, 11) is 0. The average Bonchev–Trinajstić information content (AvgIpc) is 3.87. The first-order valence-electron chi connectivity index (χ1n) is 20.7. The Morgan fingerprint density at radius 2 is 0.726 bits per heavy atom. The van der Waals surface area contributed by atoms with E-state index in [1.807, 2.05) is 54.6 Å². The predicted molar refractivity (Wildman–Crippen MR) is 251 cm³/mol. The first-order chi connectivity index (χ1) is 30.7. The van der Waals surface area contributed by atoms with Gasteiger partial charge in [0.05, 0.1) is 27.8 Å². The van der Waals surface area contributed by atoms with Gasteiger partial charge < -0.3 is 0 Å². The van der Waals surface area contributed by atoms with Crippen molar-refractivity contribution >= 4 is 43.6 Å². The highest BCUT2D eigenvalue weighted by atomic mass is 15.2. The van der Waals surface area contributed by atoms with E-state index in [4.69, 9.17) is 24.9 Å². The van der Waals surface area contributed by atoms with Crippen LogP contribution >= 0.6 is 0 Å². The van der Waals surface area contributed by atoms with Crippen LogP contribution in [0, 0.1) is 0 Å². The lowest BCUT2D eigenvalue weighted by Crippen LogP contribution is -2.06. The summed E-state index contributed by atoms with van der Waals surface area (Å²) in [5, 5.41) is 4.64. The van der Waals surface area contributed by atoms with Gasteiger partial charge in [0.25, 0.3) is 0 Å². The zero-order chi connectivity index (χ0) is 41.0. The third-order valence-corrected chi connectivity index (χ3v) is 11.6. The van der Waals surface area contributed by atoms with Crippen LogP contribution in [0.5, 0.6) is 0 Å². The van der Waals surface area contributed by atoms with Crippen molar-refractivity contribution in [1.82, 2.24) is 34.1 Å². The summed E-state index contributed by atoms with van der Waals surface area (Å²) < 4.78 is 4.40. The zero-order valence-corrected chi connectivity index (χ0v) is 33.3. The maximum absolute atomic E-state index is 5.34. The minimum Gasteiger partial charge on any atom is -0.294 e. The second-order valence-corrected chi connectivity index (χ2v) is 15.3. The molecule has 0 atom stereocenters. The topological polar surface area (TPSA) is 74.3 Å². The molecule has 0 amide bonds. The van der Waals surface area contributed by atoms with Crippen LogP contribution in [0.3, 0.4) is 0 Å². The van der Waals surface area contributed by atoms with Gasteiger partial charge in [-0.2, -0.15) is 9.97 Å². The van der Waals surface area contributed by atoms with Gasteiger partial charge in [0.1, 0.15) is 5.82 Å². The van der Waals surface area contributed by atoms with Crippen molar-refractivity contribution in [3.8, 4) is 68.3 Å². The Kier molecular flexibility index (Phi) is 8.35. The molecule has 4 aromatic heterocycles. The Morgan fingerprint density at radius 1 is 0.274 bits per heavy atom. The highest BCUT2D eigenvalue weighted by molar-refractivity contribution is 6.10. The molecule has 0 aliphatic heterocycles. The standard InChI is InChI=1S/C55H35N7/c1-3-18-36(19-4-1)46-35-51(61-47-30-13-9-25-41(47)42-26-10-14-31-48(42)61)57-53(56-46)39-23-17-22-38(34-39)40-24-7-8-29-45(40)54-58-52(37-20-5-2-6-21-37)59-55(60-54)62-49-32-15-11-27-43(49)44-28-12-16-33-50(44)62/h1-35H. The van der Waals surface area contributed by atoms with Crippen molar-refractivity contribution in [1.29, 1.82) is 0 Å². The number of benzene rings is 8. The van der Waals surface area contributed by atoms with Crippen molar-refractivity contribution in [3.63, 3.8) is 0 Å². The molecule has 290 valence electrons. The Morgan fingerprint density at radius 3 is 1.34 bits per heavy atom. The molecule has 0 spiro atoms. The van der Waals surface area contributed by atoms with Gasteiger partial charge in [-0.15, -0.1) is 0 Å². The van der Waals surface area contributed by atoms with Gasteiger partial charge in [0.2, 0.25) is 5.95 Å². The first kappa shape index (κ1) is 35.4. The van der Waals surface area contributed by atoms with E-state index in [1.54, 1.807) is 0 Å². The summed E-state index contributed by atoms with van der Waals surface area (Å²) in [6.07, 6.45) is 0. The molecule has 0 bridgehead atoms. The van der Waals surface area contributed by atoms with Crippen LogP contribution in [0.2, 0.25) is 0 Å². The Hall–Kier alpha value is -8.55. The summed E-state index contributed by atoms with van der Waals surface area (Å²) in [5.41, 5.74) is 10.8. The van der Waals surface area contributed by atoms with Gasteiger partial charge in [0, 0.05) is 49.9 Å². The molecule has 7 heteroatoms. The van der Waals surface area contributed by atoms with Crippen molar-refractivity contribution in [2.75, 3.05) is 0 Å². The minimum absolute atomic E-state index is 0.554. The molecule has 0 aliphatic carbocycles. The summed E-state index contributed by atoms with van der Waals surface area (Å²) in [6, 6.07) is 73.2. The molecule has 4 heterocycles. The fourth-order valence-corrected chi connectivity index (χ4v) is 8.80. The molecule has 0 fully saturated rings. The van der Waals surface area contributed by atoms with Gasteiger partial charge in [-0.05, 0) is 41.5 Å². The summed E-state index contributed by atoms with van der Waals surface area (Å²) in [4.78, 5) is 26.2. The van der Waals surface area contributed by atoms with E-state index < -0.39 is 0 Å². The normalized spacial score (nSPS) is 11.5. The van der Waals surface area contributed by atoms with E-state index in [-0.39, 0.29) is 0 Å². The van der Waals surface area contributed by atoms with Crippen molar-refractivity contribution < 1.29 is 0 Å². The number of para-hydroxylation sites is 4. The molecule has 62 heavy (non-hydrogen) atoms. The molecule has 0 radical (unpaired) electrons. The number of hydrogen-bond acceptors (Lipinski definition) is 5. The first-order valence-corrected chi connectivity index (χ1v) is 20.7. The molecular weight excluding hydrogens is 759 g/mol. The third-order valence-electron chi connectivity index (χ3n) is 11.6. The van der Waals surface area contributed by atoms with Crippen LogP contribution < -0.4 is 0 Å². The smallest absolute Gasteiger partial charge is 0.238 e. The Balaban J connectivity index is 1.04. The number of fused-ring (bicyclic) bond motifs is 6. The lowest BCUT2D eigenvalue weighted by atomic mass is 9.97. The maximum atomic E-state index is 5.34. The lowest BCUT2D eigenvalue weighted by Gasteiger charge is -2.14. The molecule has 8 aromatic carbocycles. The molecule has 7 nitrogen and oxygen atoms in total. The summed E-state index contributed by atoms with van der Waals surface area (Å²) in [5.74, 6) is 3.15. The van der Waals surface area contributed by atoms with Crippen LogP contribution in [0.4, 0.5) is 0 Å².